The Balaban J connectivity index is 1.67. The second kappa shape index (κ2) is 10.4. The summed E-state index contributed by atoms with van der Waals surface area (Å²) in [5, 5.41) is 9.53. The van der Waals surface area contributed by atoms with Crippen LogP contribution in [0.3, 0.4) is 0 Å². The minimum absolute atomic E-state index is 0.0792. The van der Waals surface area contributed by atoms with E-state index in [9.17, 15) is 22.8 Å². The molecule has 2 N–H and O–H groups in total. The Hall–Kier alpha value is -3.69. The number of ketones is 1. The molecule has 0 saturated heterocycles. The highest BCUT2D eigenvalue weighted by molar-refractivity contribution is 5.99. The lowest BCUT2D eigenvalue weighted by molar-refractivity contribution is -0.137. The molecule has 2 aromatic carbocycles. The molecule has 0 fully saturated rings. The molecule has 1 aromatic heterocycles. The summed E-state index contributed by atoms with van der Waals surface area (Å²) in [7, 11) is 0. The van der Waals surface area contributed by atoms with Crippen LogP contribution in [0.1, 0.15) is 66.5 Å². The van der Waals surface area contributed by atoms with Gasteiger partial charge in [-0.1, -0.05) is 24.3 Å². The van der Waals surface area contributed by atoms with Crippen molar-refractivity contribution in [3.63, 3.8) is 0 Å². The van der Waals surface area contributed by atoms with E-state index < -0.39 is 17.3 Å². The lowest BCUT2D eigenvalue weighted by Gasteiger charge is -2.34. The fourth-order valence-electron chi connectivity index (χ4n) is 4.55. The third kappa shape index (κ3) is 6.36. The van der Waals surface area contributed by atoms with Crippen LogP contribution >= 0.6 is 0 Å². The second-order valence-electron chi connectivity index (χ2n) is 10.3. The van der Waals surface area contributed by atoms with E-state index in [4.69, 9.17) is 0 Å². The van der Waals surface area contributed by atoms with Gasteiger partial charge in [-0.25, -0.2) is 9.78 Å². The van der Waals surface area contributed by atoms with Gasteiger partial charge < -0.3 is 10.2 Å². The molecule has 2 amide bonds. The number of aryl methyl sites for hydroxylation is 1. The monoisotopic (exact) mass is 513 g/mol. The number of fused-ring (bicyclic) bond motifs is 1. The van der Waals surface area contributed by atoms with Gasteiger partial charge in [0.25, 0.3) is 0 Å². The highest BCUT2D eigenvalue weighted by atomic mass is 19.4. The minimum Gasteiger partial charge on any atom is -0.333 e. The van der Waals surface area contributed by atoms with Gasteiger partial charge in [-0.15, -0.1) is 0 Å². The number of benzene rings is 2. The molecular formula is C27H30F3N5O2. The van der Waals surface area contributed by atoms with Crippen molar-refractivity contribution in [3.05, 3.63) is 70.8 Å². The zero-order valence-corrected chi connectivity index (χ0v) is 21.1. The van der Waals surface area contributed by atoms with Crippen LogP contribution in [0, 0.1) is 0 Å². The van der Waals surface area contributed by atoms with Gasteiger partial charge in [-0.05, 0) is 68.0 Å². The third-order valence-electron chi connectivity index (χ3n) is 6.26. The van der Waals surface area contributed by atoms with Crippen LogP contribution in [-0.2, 0) is 25.6 Å². The normalized spacial score (nSPS) is 13.8. The van der Waals surface area contributed by atoms with Crippen molar-refractivity contribution in [3.8, 4) is 11.1 Å². The van der Waals surface area contributed by atoms with Gasteiger partial charge in [0, 0.05) is 37.0 Å². The van der Waals surface area contributed by atoms with Crippen molar-refractivity contribution in [1.82, 2.24) is 25.4 Å². The summed E-state index contributed by atoms with van der Waals surface area (Å²) in [6.45, 7) is 6.26. The molecule has 0 spiro atoms. The topological polar surface area (TPSA) is 91.0 Å². The number of hydrogen-bond acceptors (Lipinski definition) is 4. The van der Waals surface area contributed by atoms with Gasteiger partial charge in [0.05, 0.1) is 5.56 Å². The Morgan fingerprint density at radius 1 is 1.11 bits per heavy atom. The first-order chi connectivity index (χ1) is 17.4. The van der Waals surface area contributed by atoms with Crippen LogP contribution in [0.4, 0.5) is 18.0 Å². The van der Waals surface area contributed by atoms with Crippen LogP contribution in [0.2, 0.25) is 0 Å². The average Bonchev–Trinajstić information content (AvgIpc) is 3.35. The molecule has 37 heavy (non-hydrogen) atoms. The van der Waals surface area contributed by atoms with Gasteiger partial charge in [0.1, 0.15) is 12.2 Å². The quantitative estimate of drug-likeness (QED) is 0.422. The molecule has 10 heteroatoms. The summed E-state index contributed by atoms with van der Waals surface area (Å²) >= 11 is 0. The number of alkyl halides is 3. The highest BCUT2D eigenvalue weighted by Crippen LogP contribution is 2.36. The predicted molar refractivity (Wildman–Crippen MR) is 133 cm³/mol. The number of urea groups is 1. The van der Waals surface area contributed by atoms with Gasteiger partial charge >= 0.3 is 12.2 Å². The molecule has 0 unspecified atom stereocenters. The highest BCUT2D eigenvalue weighted by Gasteiger charge is 2.32. The Morgan fingerprint density at radius 3 is 2.57 bits per heavy atom. The molecule has 7 nitrogen and oxygen atoms in total. The summed E-state index contributed by atoms with van der Waals surface area (Å²) in [4.78, 5) is 31.9. The smallest absolute Gasteiger partial charge is 0.333 e. The number of nitrogens with zero attached hydrogens (tertiary/aromatic N) is 3. The number of aromatic amines is 1. The van der Waals surface area contributed by atoms with Crippen LogP contribution in [0.25, 0.3) is 11.1 Å². The van der Waals surface area contributed by atoms with E-state index in [1.165, 1.54) is 12.4 Å². The van der Waals surface area contributed by atoms with Crippen molar-refractivity contribution < 1.29 is 22.8 Å². The maximum absolute atomic E-state index is 13.4. The minimum atomic E-state index is -4.46. The zero-order valence-electron chi connectivity index (χ0n) is 21.1. The number of Topliss-reactive ketones (excluding diaryl/α,β-unsaturated/α-hetero) is 1. The summed E-state index contributed by atoms with van der Waals surface area (Å²) in [5.41, 5.74) is 1.91. The van der Waals surface area contributed by atoms with Gasteiger partial charge in [0.2, 0.25) is 0 Å². The number of carbonyl (C=O) groups is 2. The first kappa shape index (κ1) is 26.4. The standard InChI is InChI=1S/C27H30F3N5O2/c1-26(2,3)33-25(37)35-13-12-20-19(17-6-4-7-18(14-17)27(28,29)30)10-11-21(22(20)15-35)23(36)8-5-9-24-31-16-32-34-24/h4,6-7,10-11,14,16H,5,8-9,12-13,15H2,1-3H3,(H,33,37)(H,31,32,34). The maximum atomic E-state index is 13.4. The molecule has 1 aliphatic rings. The number of halogens is 3. The van der Waals surface area contributed by atoms with E-state index in [0.29, 0.717) is 53.9 Å². The zero-order chi connectivity index (χ0) is 26.8. The predicted octanol–water partition coefficient (Wildman–Crippen LogP) is 5.56. The molecule has 1 aliphatic heterocycles. The Kier molecular flexibility index (Phi) is 7.38. The number of hydrogen-bond donors (Lipinski definition) is 2. The van der Waals surface area contributed by atoms with E-state index in [2.05, 4.69) is 20.5 Å². The molecule has 196 valence electrons. The number of nitrogens with one attached hydrogen (secondary N) is 2. The fourth-order valence-corrected chi connectivity index (χ4v) is 4.55. The molecule has 0 radical (unpaired) electrons. The summed E-state index contributed by atoms with van der Waals surface area (Å²) in [6, 6.07) is 8.36. The van der Waals surface area contributed by atoms with E-state index in [1.54, 1.807) is 23.1 Å². The number of carbonyl (C=O) groups excluding carboxylic acids is 2. The fraction of sp³-hybridized carbons (Fsp3) is 0.407. The number of H-pyrrole nitrogens is 1. The van der Waals surface area contributed by atoms with Crippen LogP contribution in [-0.4, -0.2) is 44.0 Å². The van der Waals surface area contributed by atoms with Crippen molar-refractivity contribution in [2.75, 3.05) is 6.54 Å². The second-order valence-corrected chi connectivity index (χ2v) is 10.3. The van der Waals surface area contributed by atoms with Crippen LogP contribution < -0.4 is 5.32 Å². The largest absolute Gasteiger partial charge is 0.416 e. The van der Waals surface area contributed by atoms with Crippen molar-refractivity contribution in [1.29, 1.82) is 0 Å². The number of amides is 2. The number of aromatic nitrogens is 3. The van der Waals surface area contributed by atoms with E-state index in [-0.39, 0.29) is 24.8 Å². The van der Waals surface area contributed by atoms with Crippen molar-refractivity contribution >= 4 is 11.8 Å². The van der Waals surface area contributed by atoms with Gasteiger partial charge in [-0.3, -0.25) is 9.89 Å². The summed E-state index contributed by atoms with van der Waals surface area (Å²) in [6.07, 6.45) is -1.22. The molecule has 4 rings (SSSR count). The number of rotatable bonds is 6. The lowest BCUT2D eigenvalue weighted by atomic mass is 9.85. The lowest BCUT2D eigenvalue weighted by Crippen LogP contribution is -2.50. The first-order valence-electron chi connectivity index (χ1n) is 12.2. The Bertz CT molecular complexity index is 1280. The molecule has 0 bridgehead atoms. The van der Waals surface area contributed by atoms with Crippen molar-refractivity contribution in [2.24, 2.45) is 0 Å². The molecular weight excluding hydrogens is 483 g/mol. The first-order valence-corrected chi connectivity index (χ1v) is 12.2. The van der Waals surface area contributed by atoms with E-state index in [1.807, 2.05) is 20.8 Å². The maximum Gasteiger partial charge on any atom is 0.416 e. The molecule has 0 aliphatic carbocycles. The van der Waals surface area contributed by atoms with Crippen molar-refractivity contribution in [2.45, 2.75) is 64.7 Å². The van der Waals surface area contributed by atoms with E-state index >= 15 is 0 Å². The SMILES string of the molecule is CC(C)(C)NC(=O)N1CCc2c(-c3cccc(C(F)(F)F)c3)ccc(C(=O)CCCc3ncn[nH]3)c2C1. The molecule has 0 saturated carbocycles. The van der Waals surface area contributed by atoms with E-state index in [0.717, 1.165) is 17.7 Å². The summed E-state index contributed by atoms with van der Waals surface area (Å²) < 4.78 is 40.1. The molecule has 3 aromatic rings. The molecule has 0 atom stereocenters. The Morgan fingerprint density at radius 2 is 1.89 bits per heavy atom. The third-order valence-corrected chi connectivity index (χ3v) is 6.26. The van der Waals surface area contributed by atoms with Crippen LogP contribution in [0.15, 0.2) is 42.7 Å². The Labute approximate surface area is 213 Å². The molecule has 2 heterocycles. The average molecular weight is 514 g/mol. The van der Waals surface area contributed by atoms with Crippen LogP contribution in [0.5, 0.6) is 0 Å². The van der Waals surface area contributed by atoms with Gasteiger partial charge in [0.15, 0.2) is 5.78 Å². The van der Waals surface area contributed by atoms with Gasteiger partial charge in [-0.2, -0.15) is 18.3 Å². The summed E-state index contributed by atoms with van der Waals surface area (Å²) in [5.74, 6) is 0.615.